The fraction of sp³-hybridized carbons (Fsp3) is 0.263. The van der Waals surface area contributed by atoms with Gasteiger partial charge in [0.1, 0.15) is 0 Å². The molecule has 0 radical (unpaired) electrons. The van der Waals surface area contributed by atoms with E-state index in [1.807, 2.05) is 6.92 Å². The molecule has 1 aliphatic heterocycles. The van der Waals surface area contributed by atoms with E-state index >= 15 is 0 Å². The van der Waals surface area contributed by atoms with Gasteiger partial charge in [-0.05, 0) is 42.0 Å². The van der Waals surface area contributed by atoms with Gasteiger partial charge in [0.2, 0.25) is 0 Å². The summed E-state index contributed by atoms with van der Waals surface area (Å²) in [6.45, 7) is 2.87. The third-order valence-electron chi connectivity index (χ3n) is 4.27. The number of nitrogens with zero attached hydrogens (tertiary/aromatic N) is 2. The molecule has 0 spiro atoms. The van der Waals surface area contributed by atoms with E-state index in [0.717, 1.165) is 11.3 Å². The SMILES string of the molecule is CC1CN(CC(=O)c2ccc(Cl)cc2)N=C1c1ccc(S(C)(=O)=O)cc1. The van der Waals surface area contributed by atoms with Gasteiger partial charge in [0, 0.05) is 29.3 Å². The second-order valence-electron chi connectivity index (χ2n) is 6.46. The van der Waals surface area contributed by atoms with E-state index in [1.165, 1.54) is 6.26 Å². The molecule has 0 bridgehead atoms. The molecule has 0 amide bonds. The Labute approximate surface area is 158 Å². The van der Waals surface area contributed by atoms with Gasteiger partial charge < -0.3 is 0 Å². The number of benzene rings is 2. The van der Waals surface area contributed by atoms with Crippen LogP contribution in [-0.4, -0.2) is 44.3 Å². The molecule has 3 rings (SSSR count). The maximum absolute atomic E-state index is 12.4. The molecule has 0 aromatic heterocycles. The number of rotatable bonds is 5. The van der Waals surface area contributed by atoms with Crippen molar-refractivity contribution in [3.05, 3.63) is 64.7 Å². The monoisotopic (exact) mass is 390 g/mol. The molecule has 0 aliphatic carbocycles. The zero-order valence-electron chi connectivity index (χ0n) is 14.5. The number of sulfone groups is 1. The molecule has 5 nitrogen and oxygen atoms in total. The summed E-state index contributed by atoms with van der Waals surface area (Å²) in [6, 6.07) is 13.5. The first kappa shape index (κ1) is 18.6. The third-order valence-corrected chi connectivity index (χ3v) is 5.65. The van der Waals surface area contributed by atoms with Crippen LogP contribution in [0.1, 0.15) is 22.8 Å². The molecule has 2 aromatic carbocycles. The first-order valence-corrected chi connectivity index (χ1v) is 10.4. The number of hydrogen-bond acceptors (Lipinski definition) is 5. The highest BCUT2D eigenvalue weighted by molar-refractivity contribution is 7.90. The Bertz CT molecular complexity index is 951. The van der Waals surface area contributed by atoms with Gasteiger partial charge in [-0.3, -0.25) is 9.80 Å². The Hall–Kier alpha value is -2.18. The summed E-state index contributed by atoms with van der Waals surface area (Å²) in [5.74, 6) is 0.128. The molecule has 136 valence electrons. The van der Waals surface area contributed by atoms with Crippen LogP contribution >= 0.6 is 11.6 Å². The van der Waals surface area contributed by atoms with Gasteiger partial charge >= 0.3 is 0 Å². The largest absolute Gasteiger partial charge is 0.292 e. The Morgan fingerprint density at radius 3 is 2.35 bits per heavy atom. The quantitative estimate of drug-likeness (QED) is 0.735. The minimum Gasteiger partial charge on any atom is -0.292 e. The molecule has 1 atom stereocenters. The summed E-state index contributed by atoms with van der Waals surface area (Å²) < 4.78 is 23.1. The van der Waals surface area contributed by atoms with Gasteiger partial charge in [-0.1, -0.05) is 30.7 Å². The summed E-state index contributed by atoms with van der Waals surface area (Å²) in [4.78, 5) is 12.7. The predicted molar refractivity (Wildman–Crippen MR) is 103 cm³/mol. The average molecular weight is 391 g/mol. The number of ketones is 1. The summed E-state index contributed by atoms with van der Waals surface area (Å²) in [7, 11) is -3.22. The van der Waals surface area contributed by atoms with Crippen molar-refractivity contribution in [3.8, 4) is 0 Å². The minimum atomic E-state index is -3.22. The summed E-state index contributed by atoms with van der Waals surface area (Å²) in [5.41, 5.74) is 2.32. The summed E-state index contributed by atoms with van der Waals surface area (Å²) in [5, 5.41) is 6.91. The van der Waals surface area contributed by atoms with E-state index in [1.54, 1.807) is 53.5 Å². The first-order valence-electron chi connectivity index (χ1n) is 8.17. The minimum absolute atomic E-state index is 0.0220. The van der Waals surface area contributed by atoms with E-state index in [0.29, 0.717) is 17.1 Å². The zero-order valence-corrected chi connectivity index (χ0v) is 16.1. The van der Waals surface area contributed by atoms with Crippen molar-refractivity contribution in [1.29, 1.82) is 0 Å². The standard InChI is InChI=1S/C19H19ClN2O3S/c1-13-11-22(12-18(23)14-3-7-16(20)8-4-14)21-19(13)15-5-9-17(10-6-15)26(2,24)25/h3-10,13H,11-12H2,1-2H3. The van der Waals surface area contributed by atoms with Gasteiger partial charge in [-0.15, -0.1) is 0 Å². The molecule has 1 unspecified atom stereocenters. The van der Waals surface area contributed by atoms with Crippen LogP contribution in [0.3, 0.4) is 0 Å². The van der Waals surface area contributed by atoms with Crippen LogP contribution < -0.4 is 0 Å². The highest BCUT2D eigenvalue weighted by Gasteiger charge is 2.25. The number of hydrazone groups is 1. The number of carbonyl (C=O) groups is 1. The van der Waals surface area contributed by atoms with Crippen LogP contribution in [0, 0.1) is 5.92 Å². The molecule has 1 aliphatic rings. The van der Waals surface area contributed by atoms with Crippen molar-refractivity contribution in [1.82, 2.24) is 5.01 Å². The van der Waals surface area contributed by atoms with E-state index in [9.17, 15) is 13.2 Å². The lowest BCUT2D eigenvalue weighted by Gasteiger charge is -2.13. The summed E-state index contributed by atoms with van der Waals surface area (Å²) >= 11 is 5.85. The molecule has 0 saturated carbocycles. The fourth-order valence-electron chi connectivity index (χ4n) is 2.90. The van der Waals surface area contributed by atoms with Crippen molar-refractivity contribution in [2.45, 2.75) is 11.8 Å². The molecular weight excluding hydrogens is 372 g/mol. The lowest BCUT2D eigenvalue weighted by Crippen LogP contribution is -2.25. The number of halogens is 1. The smallest absolute Gasteiger partial charge is 0.183 e. The molecule has 1 heterocycles. The average Bonchev–Trinajstić information content (AvgIpc) is 2.95. The van der Waals surface area contributed by atoms with E-state index < -0.39 is 9.84 Å². The predicted octanol–water partition coefficient (Wildman–Crippen LogP) is 3.28. The summed E-state index contributed by atoms with van der Waals surface area (Å²) in [6.07, 6.45) is 1.18. The van der Waals surface area contributed by atoms with Crippen LogP contribution in [0.2, 0.25) is 5.02 Å². The van der Waals surface area contributed by atoms with E-state index in [-0.39, 0.29) is 23.1 Å². The normalized spacial score (nSPS) is 17.3. The van der Waals surface area contributed by atoms with Crippen LogP contribution in [0.15, 0.2) is 58.5 Å². The Balaban J connectivity index is 1.75. The molecule has 7 heteroatoms. The van der Waals surface area contributed by atoms with Crippen LogP contribution in [0.4, 0.5) is 0 Å². The van der Waals surface area contributed by atoms with Crippen molar-refractivity contribution in [2.24, 2.45) is 11.0 Å². The van der Waals surface area contributed by atoms with Crippen LogP contribution in [0.25, 0.3) is 0 Å². The molecular formula is C19H19ClN2O3S. The highest BCUT2D eigenvalue weighted by Crippen LogP contribution is 2.21. The topological polar surface area (TPSA) is 66.8 Å². The maximum atomic E-state index is 12.4. The first-order chi connectivity index (χ1) is 12.2. The van der Waals surface area contributed by atoms with Crippen molar-refractivity contribution in [2.75, 3.05) is 19.3 Å². The van der Waals surface area contributed by atoms with Crippen LogP contribution in [-0.2, 0) is 9.84 Å². The Morgan fingerprint density at radius 1 is 1.15 bits per heavy atom. The number of carbonyl (C=O) groups excluding carboxylic acids is 1. The third kappa shape index (κ3) is 4.14. The van der Waals surface area contributed by atoms with Gasteiger partial charge in [-0.2, -0.15) is 5.10 Å². The van der Waals surface area contributed by atoms with Gasteiger partial charge in [0.05, 0.1) is 17.2 Å². The second-order valence-corrected chi connectivity index (χ2v) is 8.91. The van der Waals surface area contributed by atoms with Gasteiger partial charge in [0.15, 0.2) is 15.6 Å². The zero-order chi connectivity index (χ0) is 18.9. The second kappa shape index (κ2) is 7.21. The Kier molecular flexibility index (Phi) is 5.16. The van der Waals surface area contributed by atoms with Crippen molar-refractivity contribution >= 4 is 32.9 Å². The fourth-order valence-corrected chi connectivity index (χ4v) is 3.66. The van der Waals surface area contributed by atoms with E-state index in [2.05, 4.69) is 5.10 Å². The van der Waals surface area contributed by atoms with Crippen molar-refractivity contribution < 1.29 is 13.2 Å². The number of Topliss-reactive ketones (excluding diaryl/α,β-unsaturated/α-hetero) is 1. The number of hydrogen-bond donors (Lipinski definition) is 0. The van der Waals surface area contributed by atoms with Gasteiger partial charge in [0.25, 0.3) is 0 Å². The Morgan fingerprint density at radius 2 is 1.77 bits per heavy atom. The molecule has 0 saturated heterocycles. The lowest BCUT2D eigenvalue weighted by molar-refractivity contribution is 0.0937. The van der Waals surface area contributed by atoms with Crippen molar-refractivity contribution in [3.63, 3.8) is 0 Å². The molecule has 0 fully saturated rings. The van der Waals surface area contributed by atoms with E-state index in [4.69, 9.17) is 11.6 Å². The van der Waals surface area contributed by atoms with Gasteiger partial charge in [-0.25, -0.2) is 8.42 Å². The molecule has 0 N–H and O–H groups in total. The molecule has 26 heavy (non-hydrogen) atoms. The highest BCUT2D eigenvalue weighted by atomic mass is 35.5. The molecule has 2 aromatic rings. The maximum Gasteiger partial charge on any atom is 0.183 e. The van der Waals surface area contributed by atoms with Crippen LogP contribution in [0.5, 0.6) is 0 Å². The lowest BCUT2D eigenvalue weighted by atomic mass is 9.99.